The fraction of sp³-hybridized carbons (Fsp3) is 0.375. The predicted molar refractivity (Wildman–Crippen MR) is 88.9 cm³/mol. The van der Waals surface area contributed by atoms with E-state index in [2.05, 4.69) is 15.7 Å². The van der Waals surface area contributed by atoms with Crippen LogP contribution in [0.25, 0.3) is 5.69 Å². The van der Waals surface area contributed by atoms with Gasteiger partial charge in [0, 0.05) is 17.8 Å². The van der Waals surface area contributed by atoms with E-state index in [1.165, 1.54) is 0 Å². The normalized spacial score (nSPS) is 15.1. The molecule has 0 aliphatic carbocycles. The molecule has 0 atom stereocenters. The molecule has 0 radical (unpaired) electrons. The number of piperidine rings is 1. The van der Waals surface area contributed by atoms with E-state index in [1.54, 1.807) is 0 Å². The number of halogens is 1. The van der Waals surface area contributed by atoms with Crippen molar-refractivity contribution in [1.82, 2.24) is 20.4 Å². The van der Waals surface area contributed by atoms with Gasteiger partial charge in [-0.15, -0.1) is 12.4 Å². The molecule has 1 aromatic heterocycles. The van der Waals surface area contributed by atoms with Gasteiger partial charge in [0.05, 0.1) is 11.9 Å². The smallest absolute Gasteiger partial charge is 0.251 e. The quantitative estimate of drug-likeness (QED) is 0.910. The van der Waals surface area contributed by atoms with Crippen LogP contribution in [0.3, 0.4) is 0 Å². The maximum atomic E-state index is 12.2. The fourth-order valence-electron chi connectivity index (χ4n) is 2.55. The molecule has 22 heavy (non-hydrogen) atoms. The molecule has 1 aromatic carbocycles. The third kappa shape index (κ3) is 3.87. The lowest BCUT2D eigenvalue weighted by atomic mass is 10.1. The number of nitrogens with zero attached hydrogens (tertiary/aromatic N) is 2. The van der Waals surface area contributed by atoms with Crippen molar-refractivity contribution in [3.63, 3.8) is 0 Å². The zero-order valence-corrected chi connectivity index (χ0v) is 13.4. The van der Waals surface area contributed by atoms with Gasteiger partial charge in [0.25, 0.3) is 5.91 Å². The van der Waals surface area contributed by atoms with Crippen molar-refractivity contribution in [1.29, 1.82) is 0 Å². The van der Waals surface area contributed by atoms with Crippen LogP contribution in [-0.2, 0) is 0 Å². The van der Waals surface area contributed by atoms with E-state index >= 15 is 0 Å². The molecular weight excluding hydrogens is 300 g/mol. The predicted octanol–water partition coefficient (Wildman–Crippen LogP) is 2.08. The van der Waals surface area contributed by atoms with E-state index in [0.717, 1.165) is 37.2 Å². The SMILES string of the molecule is Cc1cnn(-c2ccc(C(=O)NC3CCNCC3)cc2)c1.Cl. The van der Waals surface area contributed by atoms with Crippen LogP contribution in [0.15, 0.2) is 36.7 Å². The van der Waals surface area contributed by atoms with Crippen molar-refractivity contribution in [3.05, 3.63) is 47.8 Å². The molecule has 0 saturated carbocycles. The van der Waals surface area contributed by atoms with Crippen LogP contribution in [0, 0.1) is 6.92 Å². The Bertz CT molecular complexity index is 617. The van der Waals surface area contributed by atoms with Crippen LogP contribution in [0.2, 0.25) is 0 Å². The monoisotopic (exact) mass is 320 g/mol. The number of aromatic nitrogens is 2. The first-order chi connectivity index (χ1) is 10.2. The Morgan fingerprint density at radius 2 is 1.95 bits per heavy atom. The highest BCUT2D eigenvalue weighted by molar-refractivity contribution is 5.94. The number of aryl methyl sites for hydroxylation is 1. The minimum atomic E-state index is 0. The molecule has 1 aliphatic rings. The Morgan fingerprint density at radius 1 is 1.27 bits per heavy atom. The highest BCUT2D eigenvalue weighted by Gasteiger charge is 2.16. The summed E-state index contributed by atoms with van der Waals surface area (Å²) in [7, 11) is 0. The lowest BCUT2D eigenvalue weighted by Crippen LogP contribution is -2.42. The van der Waals surface area contributed by atoms with Crippen molar-refractivity contribution in [2.75, 3.05) is 13.1 Å². The molecule has 1 aliphatic heterocycles. The molecule has 0 bridgehead atoms. The summed E-state index contributed by atoms with van der Waals surface area (Å²) in [5, 5.41) is 10.7. The van der Waals surface area contributed by atoms with E-state index in [9.17, 15) is 4.79 Å². The van der Waals surface area contributed by atoms with Gasteiger partial charge in [-0.25, -0.2) is 4.68 Å². The molecule has 118 valence electrons. The molecule has 1 fully saturated rings. The summed E-state index contributed by atoms with van der Waals surface area (Å²) in [6.07, 6.45) is 5.77. The van der Waals surface area contributed by atoms with Crippen LogP contribution in [0.1, 0.15) is 28.8 Å². The maximum absolute atomic E-state index is 12.2. The molecule has 6 heteroatoms. The molecule has 0 spiro atoms. The molecule has 2 aromatic rings. The highest BCUT2D eigenvalue weighted by Crippen LogP contribution is 2.11. The van der Waals surface area contributed by atoms with Gasteiger partial charge in [0.15, 0.2) is 0 Å². The molecule has 0 unspecified atom stereocenters. The van der Waals surface area contributed by atoms with E-state index in [0.29, 0.717) is 5.56 Å². The number of carbonyl (C=O) groups is 1. The topological polar surface area (TPSA) is 59.0 Å². The fourth-order valence-corrected chi connectivity index (χ4v) is 2.55. The number of hydrogen-bond donors (Lipinski definition) is 2. The Kier molecular flexibility index (Phi) is 5.57. The van der Waals surface area contributed by atoms with Gasteiger partial charge < -0.3 is 10.6 Å². The Morgan fingerprint density at radius 3 is 2.55 bits per heavy atom. The van der Waals surface area contributed by atoms with Gasteiger partial charge in [-0.3, -0.25) is 4.79 Å². The lowest BCUT2D eigenvalue weighted by Gasteiger charge is -2.23. The first kappa shape index (κ1) is 16.5. The summed E-state index contributed by atoms with van der Waals surface area (Å²) in [6.45, 7) is 3.95. The molecular formula is C16H21ClN4O. The van der Waals surface area contributed by atoms with Crippen molar-refractivity contribution in [3.8, 4) is 5.69 Å². The van der Waals surface area contributed by atoms with Crippen LogP contribution in [0.5, 0.6) is 0 Å². The molecule has 5 nitrogen and oxygen atoms in total. The summed E-state index contributed by atoms with van der Waals surface area (Å²) >= 11 is 0. The molecule has 2 heterocycles. The summed E-state index contributed by atoms with van der Waals surface area (Å²) in [6, 6.07) is 7.83. The number of hydrogen-bond acceptors (Lipinski definition) is 3. The minimum absolute atomic E-state index is 0. The first-order valence-electron chi connectivity index (χ1n) is 7.36. The van der Waals surface area contributed by atoms with E-state index in [-0.39, 0.29) is 24.4 Å². The lowest BCUT2D eigenvalue weighted by molar-refractivity contribution is 0.0929. The van der Waals surface area contributed by atoms with Crippen molar-refractivity contribution in [2.24, 2.45) is 0 Å². The van der Waals surface area contributed by atoms with E-state index < -0.39 is 0 Å². The van der Waals surface area contributed by atoms with Crippen LogP contribution < -0.4 is 10.6 Å². The third-order valence-electron chi connectivity index (χ3n) is 3.78. The Hall–Kier alpha value is -1.85. The van der Waals surface area contributed by atoms with Crippen LogP contribution >= 0.6 is 12.4 Å². The number of amides is 1. The summed E-state index contributed by atoms with van der Waals surface area (Å²) < 4.78 is 1.81. The van der Waals surface area contributed by atoms with Gasteiger partial charge in [-0.2, -0.15) is 5.10 Å². The summed E-state index contributed by atoms with van der Waals surface area (Å²) in [5.41, 5.74) is 2.77. The number of rotatable bonds is 3. The third-order valence-corrected chi connectivity index (χ3v) is 3.78. The number of nitrogens with one attached hydrogen (secondary N) is 2. The number of benzene rings is 1. The molecule has 2 N–H and O–H groups in total. The zero-order valence-electron chi connectivity index (χ0n) is 12.6. The van der Waals surface area contributed by atoms with Crippen LogP contribution in [-0.4, -0.2) is 34.8 Å². The Labute approximate surface area is 136 Å². The summed E-state index contributed by atoms with van der Waals surface area (Å²) in [4.78, 5) is 12.2. The van der Waals surface area contributed by atoms with Gasteiger partial charge >= 0.3 is 0 Å². The minimum Gasteiger partial charge on any atom is -0.349 e. The second-order valence-corrected chi connectivity index (χ2v) is 5.51. The van der Waals surface area contributed by atoms with Crippen molar-refractivity contribution >= 4 is 18.3 Å². The standard InChI is InChI=1S/C16H20N4O.ClH/c1-12-10-18-20(11-12)15-4-2-13(3-5-15)16(21)19-14-6-8-17-9-7-14;/h2-5,10-11,14,17H,6-9H2,1H3,(H,19,21);1H. The zero-order chi connectivity index (χ0) is 14.7. The molecule has 3 rings (SSSR count). The van der Waals surface area contributed by atoms with Crippen LogP contribution in [0.4, 0.5) is 0 Å². The largest absolute Gasteiger partial charge is 0.349 e. The first-order valence-corrected chi connectivity index (χ1v) is 7.36. The van der Waals surface area contributed by atoms with E-state index in [1.807, 2.05) is 48.3 Å². The maximum Gasteiger partial charge on any atom is 0.251 e. The molecule has 1 saturated heterocycles. The summed E-state index contributed by atoms with van der Waals surface area (Å²) in [5.74, 6) is 0.00472. The van der Waals surface area contributed by atoms with Crippen molar-refractivity contribution in [2.45, 2.75) is 25.8 Å². The van der Waals surface area contributed by atoms with Gasteiger partial charge in [-0.05, 0) is 62.7 Å². The van der Waals surface area contributed by atoms with Gasteiger partial charge in [0.1, 0.15) is 0 Å². The van der Waals surface area contributed by atoms with E-state index in [4.69, 9.17) is 0 Å². The Balaban J connectivity index is 0.00000176. The highest BCUT2D eigenvalue weighted by atomic mass is 35.5. The average molecular weight is 321 g/mol. The second-order valence-electron chi connectivity index (χ2n) is 5.51. The van der Waals surface area contributed by atoms with Crippen molar-refractivity contribution < 1.29 is 4.79 Å². The van der Waals surface area contributed by atoms with Gasteiger partial charge in [-0.1, -0.05) is 0 Å². The number of carbonyl (C=O) groups excluding carboxylic acids is 1. The average Bonchev–Trinajstić information content (AvgIpc) is 2.95. The second kappa shape index (κ2) is 7.42. The van der Waals surface area contributed by atoms with Gasteiger partial charge in [0.2, 0.25) is 0 Å². The molecule has 1 amide bonds.